The SMILES string of the molecule is Nc1c2c(-c3ccc(F)cc3)nc(N3CCN(c4ccccc4)CC3)nc2nn1-c1ccccc1Cl. The van der Waals surface area contributed by atoms with E-state index < -0.39 is 0 Å². The van der Waals surface area contributed by atoms with Crippen LogP contribution in [0, 0.1) is 5.82 Å². The van der Waals surface area contributed by atoms with E-state index in [9.17, 15) is 4.39 Å². The van der Waals surface area contributed by atoms with E-state index in [1.54, 1.807) is 22.9 Å². The number of nitrogen functional groups attached to an aromatic ring is 1. The van der Waals surface area contributed by atoms with Crippen LogP contribution in [0.3, 0.4) is 0 Å². The molecule has 1 aliphatic rings. The Balaban J connectivity index is 1.43. The maximum Gasteiger partial charge on any atom is 0.228 e. The second-order valence-corrected chi connectivity index (χ2v) is 9.04. The smallest absolute Gasteiger partial charge is 0.228 e. The quantitative estimate of drug-likeness (QED) is 0.367. The van der Waals surface area contributed by atoms with E-state index >= 15 is 0 Å². The third kappa shape index (κ3) is 3.99. The predicted molar refractivity (Wildman–Crippen MR) is 142 cm³/mol. The van der Waals surface area contributed by atoms with Crippen LogP contribution in [0.1, 0.15) is 0 Å². The van der Waals surface area contributed by atoms with Crippen molar-refractivity contribution in [1.29, 1.82) is 0 Å². The van der Waals surface area contributed by atoms with Gasteiger partial charge in [-0.25, -0.2) is 14.1 Å². The van der Waals surface area contributed by atoms with Crippen LogP contribution in [0.5, 0.6) is 0 Å². The Morgan fingerprint density at radius 2 is 1.44 bits per heavy atom. The molecule has 3 heterocycles. The molecule has 1 saturated heterocycles. The minimum atomic E-state index is -0.318. The third-order valence-corrected chi connectivity index (χ3v) is 6.76. The molecule has 3 aromatic carbocycles. The lowest BCUT2D eigenvalue weighted by atomic mass is 10.1. The van der Waals surface area contributed by atoms with Crippen molar-refractivity contribution in [2.45, 2.75) is 0 Å². The monoisotopic (exact) mass is 499 g/mol. The summed E-state index contributed by atoms with van der Waals surface area (Å²) in [6, 6.07) is 23.9. The highest BCUT2D eigenvalue weighted by molar-refractivity contribution is 6.32. The number of anilines is 3. The lowest BCUT2D eigenvalue weighted by Gasteiger charge is -2.36. The zero-order valence-corrected chi connectivity index (χ0v) is 20.1. The van der Waals surface area contributed by atoms with Gasteiger partial charge < -0.3 is 15.5 Å². The predicted octanol–water partition coefficient (Wildman–Crippen LogP) is 5.18. The molecule has 7 nitrogen and oxygen atoms in total. The second kappa shape index (κ2) is 9.13. The van der Waals surface area contributed by atoms with Crippen molar-refractivity contribution in [3.05, 3.63) is 89.7 Å². The lowest BCUT2D eigenvalue weighted by Crippen LogP contribution is -2.47. The van der Waals surface area contributed by atoms with Crippen molar-refractivity contribution in [2.75, 3.05) is 41.7 Å². The Morgan fingerprint density at radius 3 is 2.17 bits per heavy atom. The fraction of sp³-hybridized carbons (Fsp3) is 0.148. The van der Waals surface area contributed by atoms with Crippen molar-refractivity contribution in [1.82, 2.24) is 19.7 Å². The standard InChI is InChI=1S/C27H23ClFN7/c28-21-8-4-5-9-22(21)36-25(30)23-24(18-10-12-19(29)13-11-18)31-27(32-26(23)33-36)35-16-14-34(15-17-35)20-6-2-1-3-7-20/h1-13H,14-17,30H2. The summed E-state index contributed by atoms with van der Waals surface area (Å²) in [6.45, 7) is 3.19. The van der Waals surface area contributed by atoms with Crippen LogP contribution in [0.15, 0.2) is 78.9 Å². The van der Waals surface area contributed by atoms with E-state index in [-0.39, 0.29) is 5.82 Å². The number of benzene rings is 3. The summed E-state index contributed by atoms with van der Waals surface area (Å²) >= 11 is 6.44. The summed E-state index contributed by atoms with van der Waals surface area (Å²) < 4.78 is 15.3. The zero-order chi connectivity index (χ0) is 24.6. The molecule has 180 valence electrons. The van der Waals surface area contributed by atoms with Crippen LogP contribution in [0.4, 0.5) is 21.8 Å². The van der Waals surface area contributed by atoms with Gasteiger partial charge in [0, 0.05) is 37.4 Å². The van der Waals surface area contributed by atoms with Crippen LogP contribution in [0.25, 0.3) is 28.0 Å². The van der Waals surface area contributed by atoms with E-state index in [2.05, 4.69) is 21.9 Å². The average Bonchev–Trinajstić information content (AvgIpc) is 3.25. The van der Waals surface area contributed by atoms with Gasteiger partial charge in [0.05, 0.1) is 21.8 Å². The summed E-state index contributed by atoms with van der Waals surface area (Å²) in [6.07, 6.45) is 0. The molecule has 0 atom stereocenters. The Bertz CT molecular complexity index is 1530. The van der Waals surface area contributed by atoms with Crippen LogP contribution < -0.4 is 15.5 Å². The van der Waals surface area contributed by atoms with Crippen LogP contribution in [0.2, 0.25) is 5.02 Å². The maximum absolute atomic E-state index is 13.7. The highest BCUT2D eigenvalue weighted by atomic mass is 35.5. The lowest BCUT2D eigenvalue weighted by molar-refractivity contribution is 0.628. The molecular formula is C27H23ClFN7. The van der Waals surface area contributed by atoms with Crippen LogP contribution >= 0.6 is 11.6 Å². The topological polar surface area (TPSA) is 76.1 Å². The van der Waals surface area contributed by atoms with E-state index in [1.807, 2.05) is 36.4 Å². The number of rotatable bonds is 4. The number of hydrogen-bond acceptors (Lipinski definition) is 6. The first kappa shape index (κ1) is 22.3. The molecule has 6 rings (SSSR count). The van der Waals surface area contributed by atoms with Crippen molar-refractivity contribution < 1.29 is 4.39 Å². The molecule has 0 aliphatic carbocycles. The van der Waals surface area contributed by atoms with Gasteiger partial charge in [-0.1, -0.05) is 41.9 Å². The first-order valence-corrected chi connectivity index (χ1v) is 12.1. The van der Waals surface area contributed by atoms with Gasteiger partial charge in [0.15, 0.2) is 5.65 Å². The molecule has 0 spiro atoms. The molecule has 2 N–H and O–H groups in total. The fourth-order valence-corrected chi connectivity index (χ4v) is 4.78. The average molecular weight is 500 g/mol. The number of para-hydroxylation sites is 2. The number of piperazine rings is 1. The Labute approximate surface area is 212 Å². The highest BCUT2D eigenvalue weighted by Gasteiger charge is 2.24. The fourth-order valence-electron chi connectivity index (χ4n) is 4.57. The normalized spacial score (nSPS) is 13.9. The van der Waals surface area contributed by atoms with Gasteiger partial charge >= 0.3 is 0 Å². The van der Waals surface area contributed by atoms with E-state index in [1.165, 1.54) is 17.8 Å². The summed E-state index contributed by atoms with van der Waals surface area (Å²) in [7, 11) is 0. The van der Waals surface area contributed by atoms with Crippen molar-refractivity contribution >= 4 is 40.1 Å². The number of nitrogens with two attached hydrogens (primary N) is 1. The Kier molecular flexibility index (Phi) is 5.65. The van der Waals surface area contributed by atoms with Crippen molar-refractivity contribution in [3.8, 4) is 16.9 Å². The zero-order valence-electron chi connectivity index (χ0n) is 19.4. The van der Waals surface area contributed by atoms with E-state index in [0.717, 1.165) is 31.7 Å². The number of halogens is 2. The Morgan fingerprint density at radius 1 is 0.778 bits per heavy atom. The summed E-state index contributed by atoms with van der Waals surface area (Å²) in [5.74, 6) is 0.622. The summed E-state index contributed by atoms with van der Waals surface area (Å²) in [5.41, 5.74) is 10.2. The molecule has 0 radical (unpaired) electrons. The molecule has 0 bridgehead atoms. The van der Waals surface area contributed by atoms with Gasteiger partial charge in [0.1, 0.15) is 11.6 Å². The number of fused-ring (bicyclic) bond motifs is 1. The molecule has 5 aromatic rings. The van der Waals surface area contributed by atoms with Gasteiger partial charge in [-0.05, 0) is 48.5 Å². The highest BCUT2D eigenvalue weighted by Crippen LogP contribution is 2.35. The third-order valence-electron chi connectivity index (χ3n) is 6.44. The van der Waals surface area contributed by atoms with Gasteiger partial charge in [0.2, 0.25) is 5.95 Å². The molecule has 0 unspecified atom stereocenters. The van der Waals surface area contributed by atoms with Gasteiger partial charge in [-0.15, -0.1) is 5.10 Å². The van der Waals surface area contributed by atoms with Gasteiger partial charge in [-0.3, -0.25) is 0 Å². The van der Waals surface area contributed by atoms with Crippen molar-refractivity contribution in [3.63, 3.8) is 0 Å². The minimum Gasteiger partial charge on any atom is -0.383 e. The summed E-state index contributed by atoms with van der Waals surface area (Å²) in [5, 5.41) is 5.83. The van der Waals surface area contributed by atoms with Crippen molar-refractivity contribution in [2.24, 2.45) is 0 Å². The number of nitrogens with zero attached hydrogens (tertiary/aromatic N) is 6. The molecule has 9 heteroatoms. The summed E-state index contributed by atoms with van der Waals surface area (Å²) in [4.78, 5) is 14.2. The van der Waals surface area contributed by atoms with E-state index in [4.69, 9.17) is 32.4 Å². The van der Waals surface area contributed by atoms with Gasteiger partial charge in [0.25, 0.3) is 0 Å². The van der Waals surface area contributed by atoms with Crippen LogP contribution in [-0.4, -0.2) is 45.9 Å². The van der Waals surface area contributed by atoms with Gasteiger partial charge in [-0.2, -0.15) is 4.98 Å². The molecule has 0 amide bonds. The first-order valence-electron chi connectivity index (χ1n) is 11.7. The Hall–Kier alpha value is -4.17. The molecule has 2 aromatic heterocycles. The molecule has 1 aliphatic heterocycles. The first-order chi connectivity index (χ1) is 17.6. The number of aromatic nitrogens is 4. The van der Waals surface area contributed by atoms with E-state index in [0.29, 0.717) is 39.2 Å². The second-order valence-electron chi connectivity index (χ2n) is 8.64. The molecule has 0 saturated carbocycles. The van der Waals surface area contributed by atoms with Crippen LogP contribution in [-0.2, 0) is 0 Å². The minimum absolute atomic E-state index is 0.318. The number of hydrogen-bond donors (Lipinski definition) is 1. The molecule has 36 heavy (non-hydrogen) atoms. The largest absolute Gasteiger partial charge is 0.383 e. The molecule has 1 fully saturated rings. The maximum atomic E-state index is 13.7. The molecular weight excluding hydrogens is 477 g/mol.